The maximum Gasteiger partial charge on any atom is 0.223 e. The van der Waals surface area contributed by atoms with E-state index in [1.165, 1.54) is 32.1 Å². The molecule has 0 aromatic heterocycles. The topological polar surface area (TPSA) is 32.3 Å². The van der Waals surface area contributed by atoms with E-state index in [1.807, 2.05) is 0 Å². The molecule has 108 valence electrons. The van der Waals surface area contributed by atoms with Crippen molar-refractivity contribution in [2.45, 2.75) is 51.5 Å². The van der Waals surface area contributed by atoms with Gasteiger partial charge in [0.15, 0.2) is 0 Å². The van der Waals surface area contributed by atoms with E-state index >= 15 is 0 Å². The highest BCUT2D eigenvalue weighted by Gasteiger charge is 2.50. The summed E-state index contributed by atoms with van der Waals surface area (Å²) < 4.78 is 0. The summed E-state index contributed by atoms with van der Waals surface area (Å²) >= 11 is 0. The van der Waals surface area contributed by atoms with E-state index in [4.69, 9.17) is 0 Å². The van der Waals surface area contributed by atoms with Gasteiger partial charge in [0.2, 0.25) is 5.91 Å². The van der Waals surface area contributed by atoms with Crippen LogP contribution >= 0.6 is 0 Å². The first-order chi connectivity index (χ1) is 9.19. The molecule has 0 unspecified atom stereocenters. The average Bonchev–Trinajstić information content (AvgIpc) is 2.37. The van der Waals surface area contributed by atoms with Gasteiger partial charge in [0.1, 0.15) is 0 Å². The van der Waals surface area contributed by atoms with E-state index in [1.54, 1.807) is 0 Å². The minimum Gasteiger partial charge on any atom is -0.342 e. The maximum absolute atomic E-state index is 12.3. The number of amides is 1. The average molecular weight is 264 g/mol. The van der Waals surface area contributed by atoms with Crippen LogP contribution < -0.4 is 5.32 Å². The second kappa shape index (κ2) is 5.43. The predicted molar refractivity (Wildman–Crippen MR) is 76.8 cm³/mol. The van der Waals surface area contributed by atoms with Crippen LogP contribution in [0.1, 0.15) is 45.4 Å². The Labute approximate surface area is 117 Å². The summed E-state index contributed by atoms with van der Waals surface area (Å²) in [7, 11) is 2.06. The third kappa shape index (κ3) is 2.54. The van der Waals surface area contributed by atoms with E-state index in [-0.39, 0.29) is 0 Å². The van der Waals surface area contributed by atoms with Crippen LogP contribution in [0.3, 0.4) is 0 Å². The van der Waals surface area contributed by atoms with Gasteiger partial charge in [0.05, 0.1) is 0 Å². The quantitative estimate of drug-likeness (QED) is 0.773. The number of carbonyl (C=O) groups is 1. The minimum absolute atomic E-state index is 0.346. The smallest absolute Gasteiger partial charge is 0.223 e. The van der Waals surface area contributed by atoms with Gasteiger partial charge in [-0.2, -0.15) is 0 Å². The number of carbonyl (C=O) groups excluding carboxylic acids is 1. The van der Waals surface area contributed by atoms with Gasteiger partial charge in [-0.05, 0) is 62.3 Å². The summed E-state index contributed by atoms with van der Waals surface area (Å²) in [5, 5.41) is 3.25. The maximum atomic E-state index is 12.3. The number of hydrogen-bond donors (Lipinski definition) is 1. The van der Waals surface area contributed by atoms with Crippen LogP contribution in [0.2, 0.25) is 0 Å². The standard InChI is InChI=1S/C16H28N2O/c1-3-17-5-4-15(19)18(2)16-13-7-11-6-12(9-13)10-14(16)8-11/h11-14,16-17H,3-10H2,1-2H3. The molecule has 0 heterocycles. The molecule has 4 aliphatic rings. The summed E-state index contributed by atoms with van der Waals surface area (Å²) in [6.45, 7) is 3.87. The normalized spacial score (nSPS) is 39.6. The van der Waals surface area contributed by atoms with E-state index in [0.717, 1.165) is 36.8 Å². The molecule has 4 bridgehead atoms. The van der Waals surface area contributed by atoms with Crippen molar-refractivity contribution in [1.29, 1.82) is 0 Å². The molecule has 1 amide bonds. The molecule has 0 radical (unpaired) electrons. The molecule has 4 saturated carbocycles. The molecule has 0 spiro atoms. The van der Waals surface area contributed by atoms with Crippen molar-refractivity contribution in [1.82, 2.24) is 10.2 Å². The lowest BCUT2D eigenvalue weighted by Crippen LogP contribution is -2.56. The van der Waals surface area contributed by atoms with Gasteiger partial charge in [0.25, 0.3) is 0 Å². The Bertz CT molecular complexity index is 314. The second-order valence-corrected chi connectivity index (χ2v) is 7.03. The molecule has 3 heteroatoms. The van der Waals surface area contributed by atoms with Crippen LogP contribution in [-0.2, 0) is 4.79 Å². The van der Waals surface area contributed by atoms with Crippen LogP contribution in [0.15, 0.2) is 0 Å². The second-order valence-electron chi connectivity index (χ2n) is 7.03. The number of rotatable bonds is 5. The number of nitrogens with one attached hydrogen (secondary N) is 1. The number of nitrogens with zero attached hydrogens (tertiary/aromatic N) is 1. The highest BCUT2D eigenvalue weighted by Crippen LogP contribution is 2.54. The van der Waals surface area contributed by atoms with Gasteiger partial charge >= 0.3 is 0 Å². The molecular weight excluding hydrogens is 236 g/mol. The Morgan fingerprint density at radius 3 is 2.21 bits per heavy atom. The van der Waals surface area contributed by atoms with Crippen molar-refractivity contribution >= 4 is 5.91 Å². The van der Waals surface area contributed by atoms with Crippen LogP contribution in [0.4, 0.5) is 0 Å². The van der Waals surface area contributed by atoms with Crippen molar-refractivity contribution < 1.29 is 4.79 Å². The lowest BCUT2D eigenvalue weighted by molar-refractivity contribution is -0.141. The third-order valence-electron chi connectivity index (χ3n) is 5.78. The van der Waals surface area contributed by atoms with Crippen LogP contribution in [0.25, 0.3) is 0 Å². The van der Waals surface area contributed by atoms with Crippen molar-refractivity contribution in [3.8, 4) is 0 Å². The van der Waals surface area contributed by atoms with Gasteiger partial charge in [-0.15, -0.1) is 0 Å². The Balaban J connectivity index is 1.60. The molecule has 4 aliphatic carbocycles. The molecule has 19 heavy (non-hydrogen) atoms. The summed E-state index contributed by atoms with van der Waals surface area (Å²) in [6.07, 6.45) is 7.71. The Hall–Kier alpha value is -0.570. The van der Waals surface area contributed by atoms with Crippen LogP contribution in [0.5, 0.6) is 0 Å². The SMILES string of the molecule is CCNCCC(=O)N(C)C1C2CC3CC(C2)CC1C3. The van der Waals surface area contributed by atoms with Gasteiger partial charge in [-0.1, -0.05) is 6.92 Å². The third-order valence-corrected chi connectivity index (χ3v) is 5.78. The Kier molecular flexibility index (Phi) is 3.84. The Morgan fingerprint density at radius 2 is 1.68 bits per heavy atom. The highest BCUT2D eigenvalue weighted by molar-refractivity contribution is 5.76. The molecule has 4 fully saturated rings. The first kappa shape index (κ1) is 13.4. The molecule has 3 nitrogen and oxygen atoms in total. The number of hydrogen-bond acceptors (Lipinski definition) is 2. The molecule has 0 saturated heterocycles. The predicted octanol–water partition coefficient (Wildman–Crippen LogP) is 2.27. The summed E-state index contributed by atoms with van der Waals surface area (Å²) in [5.74, 6) is 3.94. The molecular formula is C16H28N2O. The zero-order valence-corrected chi connectivity index (χ0v) is 12.4. The van der Waals surface area contributed by atoms with Gasteiger partial charge < -0.3 is 10.2 Å². The monoisotopic (exact) mass is 264 g/mol. The van der Waals surface area contributed by atoms with Crippen LogP contribution in [0, 0.1) is 23.7 Å². The summed E-state index contributed by atoms with van der Waals surface area (Å²) in [5.41, 5.74) is 0. The Morgan fingerprint density at radius 1 is 1.11 bits per heavy atom. The van der Waals surface area contributed by atoms with E-state index < -0.39 is 0 Å². The highest BCUT2D eigenvalue weighted by atomic mass is 16.2. The van der Waals surface area contributed by atoms with E-state index in [9.17, 15) is 4.79 Å². The van der Waals surface area contributed by atoms with Crippen molar-refractivity contribution in [2.75, 3.05) is 20.1 Å². The largest absolute Gasteiger partial charge is 0.342 e. The van der Waals surface area contributed by atoms with Crippen molar-refractivity contribution in [3.05, 3.63) is 0 Å². The van der Waals surface area contributed by atoms with Crippen molar-refractivity contribution in [2.24, 2.45) is 23.7 Å². The lowest BCUT2D eigenvalue weighted by atomic mass is 9.54. The zero-order valence-electron chi connectivity index (χ0n) is 12.4. The summed E-state index contributed by atoms with van der Waals surface area (Å²) in [4.78, 5) is 14.4. The zero-order chi connectivity index (χ0) is 13.4. The van der Waals surface area contributed by atoms with Gasteiger partial charge in [-0.25, -0.2) is 0 Å². The first-order valence-electron chi connectivity index (χ1n) is 8.15. The first-order valence-corrected chi connectivity index (χ1v) is 8.15. The molecule has 0 aliphatic heterocycles. The minimum atomic E-state index is 0.346. The fourth-order valence-corrected chi connectivity index (χ4v) is 5.24. The molecule has 0 aromatic rings. The molecule has 0 aromatic carbocycles. The van der Waals surface area contributed by atoms with E-state index in [0.29, 0.717) is 18.4 Å². The lowest BCUT2D eigenvalue weighted by Gasteiger charge is -2.56. The fraction of sp³-hybridized carbons (Fsp3) is 0.938. The van der Waals surface area contributed by atoms with Crippen LogP contribution in [-0.4, -0.2) is 37.0 Å². The van der Waals surface area contributed by atoms with Gasteiger partial charge in [-0.3, -0.25) is 4.79 Å². The summed E-state index contributed by atoms with van der Waals surface area (Å²) in [6, 6.07) is 0.557. The van der Waals surface area contributed by atoms with Crippen molar-refractivity contribution in [3.63, 3.8) is 0 Å². The molecule has 0 atom stereocenters. The fourth-order valence-electron chi connectivity index (χ4n) is 5.24. The molecule has 1 N–H and O–H groups in total. The van der Waals surface area contributed by atoms with E-state index in [2.05, 4.69) is 24.2 Å². The molecule has 4 rings (SSSR count). The van der Waals surface area contributed by atoms with Gasteiger partial charge in [0, 0.05) is 26.1 Å².